The second-order valence-electron chi connectivity index (χ2n) is 3.53. The van der Waals surface area contributed by atoms with Crippen LogP contribution in [0.3, 0.4) is 0 Å². The lowest BCUT2D eigenvalue weighted by molar-refractivity contribution is 0.905. The lowest BCUT2D eigenvalue weighted by Gasteiger charge is -2.13. The molecule has 0 fully saturated rings. The molecule has 78 valence electrons. The van der Waals surface area contributed by atoms with E-state index in [1.807, 2.05) is 30.0 Å². The number of hydrogen-bond donors (Lipinski definition) is 0. The number of aryl methyl sites for hydroxylation is 2. The highest BCUT2D eigenvalue weighted by molar-refractivity contribution is 8.00. The van der Waals surface area contributed by atoms with Gasteiger partial charge in [-0.05, 0) is 19.4 Å². The van der Waals surface area contributed by atoms with Crippen LogP contribution in [-0.2, 0) is 12.2 Å². The van der Waals surface area contributed by atoms with Crippen LogP contribution < -0.4 is 0 Å². The van der Waals surface area contributed by atoms with Crippen molar-refractivity contribution in [3.63, 3.8) is 0 Å². The number of nitrogens with zero attached hydrogens (tertiary/aromatic N) is 3. The first-order chi connectivity index (χ1) is 7.29. The number of aromatic nitrogens is 3. The zero-order valence-electron chi connectivity index (χ0n) is 8.65. The molecule has 2 aromatic rings. The SMILES string of the molecule is CCc1cc2c(s1)SCc1nnc(C)n1-2. The molecule has 0 saturated heterocycles. The number of rotatable bonds is 1. The molecular weight excluding hydrogens is 226 g/mol. The van der Waals surface area contributed by atoms with Gasteiger partial charge in [0.05, 0.1) is 15.6 Å². The molecule has 2 aromatic heterocycles. The lowest BCUT2D eigenvalue weighted by Crippen LogP contribution is -2.05. The van der Waals surface area contributed by atoms with Gasteiger partial charge in [-0.1, -0.05) is 6.92 Å². The van der Waals surface area contributed by atoms with Gasteiger partial charge < -0.3 is 0 Å². The Morgan fingerprint density at radius 1 is 1.47 bits per heavy atom. The third-order valence-corrected chi connectivity index (χ3v) is 5.08. The average molecular weight is 237 g/mol. The molecule has 3 heterocycles. The van der Waals surface area contributed by atoms with Crippen molar-refractivity contribution in [2.45, 2.75) is 30.2 Å². The molecule has 0 unspecified atom stereocenters. The summed E-state index contributed by atoms with van der Waals surface area (Å²) in [6.07, 6.45) is 1.11. The Morgan fingerprint density at radius 2 is 2.33 bits per heavy atom. The third-order valence-electron chi connectivity index (χ3n) is 2.54. The molecule has 0 aliphatic carbocycles. The molecule has 0 spiro atoms. The van der Waals surface area contributed by atoms with Gasteiger partial charge in [-0.15, -0.1) is 33.3 Å². The summed E-state index contributed by atoms with van der Waals surface area (Å²) in [5.74, 6) is 3.01. The maximum absolute atomic E-state index is 4.19. The van der Waals surface area contributed by atoms with Gasteiger partial charge in [-0.25, -0.2) is 0 Å². The van der Waals surface area contributed by atoms with E-state index < -0.39 is 0 Å². The van der Waals surface area contributed by atoms with Gasteiger partial charge in [0.25, 0.3) is 0 Å². The van der Waals surface area contributed by atoms with E-state index in [0.717, 1.165) is 23.8 Å². The summed E-state index contributed by atoms with van der Waals surface area (Å²) in [5.41, 5.74) is 1.28. The van der Waals surface area contributed by atoms with Crippen molar-refractivity contribution in [3.8, 4) is 5.69 Å². The van der Waals surface area contributed by atoms with Crippen LogP contribution >= 0.6 is 23.1 Å². The van der Waals surface area contributed by atoms with Crippen LogP contribution in [0, 0.1) is 6.92 Å². The number of hydrogen-bond acceptors (Lipinski definition) is 4. The topological polar surface area (TPSA) is 30.7 Å². The summed E-state index contributed by atoms with van der Waals surface area (Å²) in [6.45, 7) is 4.21. The first kappa shape index (κ1) is 9.42. The van der Waals surface area contributed by atoms with Gasteiger partial charge >= 0.3 is 0 Å². The van der Waals surface area contributed by atoms with Crippen LogP contribution in [0.2, 0.25) is 0 Å². The summed E-state index contributed by atoms with van der Waals surface area (Å²) in [5, 5.41) is 8.32. The highest BCUT2D eigenvalue weighted by atomic mass is 32.2. The van der Waals surface area contributed by atoms with Crippen molar-refractivity contribution in [1.82, 2.24) is 14.8 Å². The van der Waals surface area contributed by atoms with Gasteiger partial charge in [0.15, 0.2) is 0 Å². The third kappa shape index (κ3) is 1.33. The highest BCUT2D eigenvalue weighted by Gasteiger charge is 2.22. The summed E-state index contributed by atoms with van der Waals surface area (Å²) < 4.78 is 3.59. The molecule has 15 heavy (non-hydrogen) atoms. The fraction of sp³-hybridized carbons (Fsp3) is 0.400. The standard InChI is InChI=1S/C10H11N3S2/c1-3-7-4-8-10(15-7)14-5-9-12-11-6(2)13(8)9/h4H,3,5H2,1-2H3. The van der Waals surface area contributed by atoms with Gasteiger partial charge in [-0.2, -0.15) is 0 Å². The maximum Gasteiger partial charge on any atom is 0.148 e. The van der Waals surface area contributed by atoms with Crippen LogP contribution in [0.1, 0.15) is 23.4 Å². The fourth-order valence-corrected chi connectivity index (χ4v) is 4.08. The van der Waals surface area contributed by atoms with Crippen molar-refractivity contribution in [2.75, 3.05) is 0 Å². The molecule has 0 radical (unpaired) electrons. The number of thioether (sulfide) groups is 1. The van der Waals surface area contributed by atoms with Crippen molar-refractivity contribution in [3.05, 3.63) is 22.6 Å². The van der Waals surface area contributed by atoms with Crippen molar-refractivity contribution >= 4 is 23.1 Å². The van der Waals surface area contributed by atoms with E-state index in [2.05, 4.69) is 27.8 Å². The Balaban J connectivity index is 2.23. The Labute approximate surface area is 96.5 Å². The zero-order chi connectivity index (χ0) is 10.4. The molecule has 3 nitrogen and oxygen atoms in total. The molecule has 0 atom stereocenters. The Bertz CT molecular complexity index is 513. The van der Waals surface area contributed by atoms with E-state index in [9.17, 15) is 0 Å². The summed E-state index contributed by atoms with van der Waals surface area (Å²) in [4.78, 5) is 1.44. The van der Waals surface area contributed by atoms with Crippen molar-refractivity contribution < 1.29 is 0 Å². The molecule has 0 bridgehead atoms. The van der Waals surface area contributed by atoms with Gasteiger partial charge in [0.1, 0.15) is 11.6 Å². The molecule has 1 aliphatic rings. The maximum atomic E-state index is 4.19. The van der Waals surface area contributed by atoms with Crippen LogP contribution in [0.25, 0.3) is 5.69 Å². The van der Waals surface area contributed by atoms with E-state index in [-0.39, 0.29) is 0 Å². The summed E-state index contributed by atoms with van der Waals surface area (Å²) >= 11 is 3.77. The summed E-state index contributed by atoms with van der Waals surface area (Å²) in [6, 6.07) is 2.27. The average Bonchev–Trinajstić information content (AvgIpc) is 2.81. The van der Waals surface area contributed by atoms with E-state index >= 15 is 0 Å². The predicted molar refractivity (Wildman–Crippen MR) is 62.9 cm³/mol. The Hall–Kier alpha value is -0.810. The smallest absolute Gasteiger partial charge is 0.148 e. The second-order valence-corrected chi connectivity index (χ2v) is 5.91. The normalized spacial score (nSPS) is 13.7. The minimum Gasteiger partial charge on any atom is -0.280 e. The number of fused-ring (bicyclic) bond motifs is 3. The number of thiophene rings is 1. The minimum atomic E-state index is 0.942. The molecule has 0 amide bonds. The van der Waals surface area contributed by atoms with Crippen LogP contribution in [0.15, 0.2) is 10.3 Å². The van der Waals surface area contributed by atoms with Crippen molar-refractivity contribution in [1.29, 1.82) is 0 Å². The largest absolute Gasteiger partial charge is 0.280 e. The molecular formula is C10H11N3S2. The molecule has 0 aromatic carbocycles. The molecule has 1 aliphatic heterocycles. The minimum absolute atomic E-state index is 0.942. The molecule has 3 rings (SSSR count). The van der Waals surface area contributed by atoms with E-state index in [1.54, 1.807) is 0 Å². The lowest BCUT2D eigenvalue weighted by atomic mass is 10.3. The highest BCUT2D eigenvalue weighted by Crippen LogP contribution is 2.41. The molecule has 0 saturated carbocycles. The summed E-state index contributed by atoms with van der Waals surface area (Å²) in [7, 11) is 0. The van der Waals surface area contributed by atoms with Gasteiger partial charge in [0.2, 0.25) is 0 Å². The van der Waals surface area contributed by atoms with Gasteiger partial charge in [-0.3, -0.25) is 4.57 Å². The fourth-order valence-electron chi connectivity index (χ4n) is 1.79. The first-order valence-electron chi connectivity index (χ1n) is 4.96. The second kappa shape index (κ2) is 3.35. The van der Waals surface area contributed by atoms with Crippen molar-refractivity contribution in [2.24, 2.45) is 0 Å². The molecule has 0 N–H and O–H groups in total. The first-order valence-corrected chi connectivity index (χ1v) is 6.76. The van der Waals surface area contributed by atoms with E-state index in [1.165, 1.54) is 14.8 Å². The van der Waals surface area contributed by atoms with E-state index in [4.69, 9.17) is 0 Å². The van der Waals surface area contributed by atoms with Crippen LogP contribution in [0.5, 0.6) is 0 Å². The van der Waals surface area contributed by atoms with E-state index in [0.29, 0.717) is 0 Å². The Morgan fingerprint density at radius 3 is 3.13 bits per heavy atom. The van der Waals surface area contributed by atoms with Crippen LogP contribution in [0.4, 0.5) is 0 Å². The quantitative estimate of drug-likeness (QED) is 0.764. The predicted octanol–water partition coefficient (Wildman–Crippen LogP) is 2.81. The zero-order valence-corrected chi connectivity index (χ0v) is 10.3. The molecule has 5 heteroatoms. The van der Waals surface area contributed by atoms with Gasteiger partial charge in [0, 0.05) is 4.88 Å². The van der Waals surface area contributed by atoms with Crippen LogP contribution in [-0.4, -0.2) is 14.8 Å². The Kier molecular flexibility index (Phi) is 2.10. The monoisotopic (exact) mass is 237 g/mol.